The molecule has 0 aromatic heterocycles. The van der Waals surface area contributed by atoms with Crippen LogP contribution < -0.4 is 31.9 Å². The molecule has 0 aliphatic rings. The van der Waals surface area contributed by atoms with Gasteiger partial charge in [0.25, 0.3) is 0 Å². The molecule has 0 spiro atoms. The molecule has 19 heteroatoms. The molecular weight excluding hydrogens is 670 g/mol. The third-order valence-corrected chi connectivity index (χ3v) is 7.61. The van der Waals surface area contributed by atoms with Crippen molar-refractivity contribution < 1.29 is 49.2 Å². The molecule has 0 rings (SSSR count). The third-order valence-electron chi connectivity index (χ3n) is 7.61. The lowest BCUT2D eigenvalue weighted by Crippen LogP contribution is -2.41. The Bertz CT molecular complexity index is 871. The van der Waals surface area contributed by atoms with Crippen LogP contribution in [-0.4, -0.2) is 195 Å². The molecule has 0 unspecified atom stereocenters. The molecule has 0 aromatic rings. The Labute approximate surface area is 301 Å². The monoisotopic (exact) mass is 733 g/mol. The molecule has 19 nitrogen and oxygen atoms in total. The van der Waals surface area contributed by atoms with Crippen LogP contribution in [0, 0.1) is 0 Å². The van der Waals surface area contributed by atoms with Gasteiger partial charge in [0.1, 0.15) is 0 Å². The summed E-state index contributed by atoms with van der Waals surface area (Å²) >= 11 is 0. The molecule has 0 saturated carbocycles. The van der Waals surface area contributed by atoms with E-state index in [-0.39, 0.29) is 127 Å². The molecule has 0 radical (unpaired) electrons. The van der Waals surface area contributed by atoms with E-state index in [9.17, 15) is 28.8 Å². The van der Waals surface area contributed by atoms with Gasteiger partial charge in [-0.2, -0.15) is 0 Å². The van der Waals surface area contributed by atoms with E-state index < -0.39 is 0 Å². The maximum absolute atomic E-state index is 12.6. The van der Waals surface area contributed by atoms with Gasteiger partial charge in [0.15, 0.2) is 0 Å². The number of aliphatic hydroxyl groups excluding tert-OH is 4. The first-order chi connectivity index (χ1) is 24.6. The van der Waals surface area contributed by atoms with E-state index in [1.165, 1.54) is 0 Å². The zero-order chi connectivity index (χ0) is 38.1. The Morgan fingerprint density at radius 3 is 0.784 bits per heavy atom. The minimum Gasteiger partial charge on any atom is -0.395 e. The van der Waals surface area contributed by atoms with Crippen LogP contribution in [-0.2, 0) is 28.8 Å². The van der Waals surface area contributed by atoms with Gasteiger partial charge in [0.2, 0.25) is 35.4 Å². The number of carbonyl (C=O) groups is 6. The molecule has 6 amide bonds. The smallest absolute Gasteiger partial charge is 0.221 e. The topological polar surface area (TPSA) is 265 Å². The molecule has 0 atom stereocenters. The van der Waals surface area contributed by atoms with Crippen molar-refractivity contribution in [3.05, 3.63) is 0 Å². The van der Waals surface area contributed by atoms with Crippen molar-refractivity contribution in [2.75, 3.05) is 125 Å². The number of nitrogens with zero attached hydrogens (tertiary/aromatic N) is 3. The van der Waals surface area contributed by atoms with E-state index in [1.807, 2.05) is 21.6 Å². The number of aliphatic hydroxyl groups is 4. The molecule has 0 saturated heterocycles. The Morgan fingerprint density at radius 1 is 0.353 bits per heavy atom. The van der Waals surface area contributed by atoms with Crippen LogP contribution in [0.1, 0.15) is 45.4 Å². The molecule has 0 aliphatic carbocycles. The second-order valence-electron chi connectivity index (χ2n) is 11.6. The van der Waals surface area contributed by atoms with Gasteiger partial charge in [-0.25, -0.2) is 0 Å². The van der Waals surface area contributed by atoms with Crippen LogP contribution in [0.2, 0.25) is 0 Å². The fourth-order valence-corrected chi connectivity index (χ4v) is 4.68. The lowest BCUT2D eigenvalue weighted by molar-refractivity contribution is -0.123. The van der Waals surface area contributed by atoms with E-state index in [4.69, 9.17) is 20.4 Å². The zero-order valence-corrected chi connectivity index (χ0v) is 30.3. The molecule has 0 heterocycles. The molecule has 10 N–H and O–H groups in total. The van der Waals surface area contributed by atoms with Crippen LogP contribution in [0.25, 0.3) is 0 Å². The summed E-state index contributed by atoms with van der Waals surface area (Å²) < 4.78 is 0. The first-order valence-electron chi connectivity index (χ1n) is 17.8. The Balaban J connectivity index is 4.64. The predicted molar refractivity (Wildman–Crippen MR) is 189 cm³/mol. The minimum absolute atomic E-state index is 0.156. The molecule has 0 fully saturated rings. The summed E-state index contributed by atoms with van der Waals surface area (Å²) in [5.41, 5.74) is 0. The highest BCUT2D eigenvalue weighted by atomic mass is 16.3. The molecule has 51 heavy (non-hydrogen) atoms. The van der Waals surface area contributed by atoms with Crippen LogP contribution in [0.15, 0.2) is 0 Å². The van der Waals surface area contributed by atoms with E-state index in [1.54, 1.807) is 0 Å². The highest BCUT2D eigenvalue weighted by Gasteiger charge is 2.14. The van der Waals surface area contributed by atoms with Gasteiger partial charge in [-0.3, -0.25) is 28.8 Å². The summed E-state index contributed by atoms with van der Waals surface area (Å²) in [6.07, 6.45) is 1.10. The molecular formula is C32H63N9O10. The van der Waals surface area contributed by atoms with E-state index in [2.05, 4.69) is 31.9 Å². The number of carbonyl (C=O) groups excluding carboxylic acids is 6. The molecule has 0 aromatic carbocycles. The van der Waals surface area contributed by atoms with Gasteiger partial charge in [-0.15, -0.1) is 0 Å². The van der Waals surface area contributed by atoms with Gasteiger partial charge >= 0.3 is 0 Å². The van der Waals surface area contributed by atoms with Crippen molar-refractivity contribution in [3.8, 4) is 0 Å². The average Bonchev–Trinajstić information content (AvgIpc) is 3.12. The zero-order valence-electron chi connectivity index (χ0n) is 30.3. The summed E-state index contributed by atoms with van der Waals surface area (Å²) in [7, 11) is 0. The van der Waals surface area contributed by atoms with Gasteiger partial charge in [0, 0.05) is 130 Å². The summed E-state index contributed by atoms with van der Waals surface area (Å²) in [4.78, 5) is 78.8. The third kappa shape index (κ3) is 28.9. The first-order valence-corrected chi connectivity index (χ1v) is 17.8. The van der Waals surface area contributed by atoms with E-state index in [0.29, 0.717) is 72.0 Å². The van der Waals surface area contributed by atoms with Crippen LogP contribution >= 0.6 is 0 Å². The van der Waals surface area contributed by atoms with Crippen molar-refractivity contribution in [1.82, 2.24) is 46.6 Å². The number of rotatable bonds is 33. The lowest BCUT2D eigenvalue weighted by Gasteiger charge is -2.23. The van der Waals surface area contributed by atoms with Gasteiger partial charge in [-0.1, -0.05) is 6.92 Å². The van der Waals surface area contributed by atoms with Gasteiger partial charge in [0.05, 0.1) is 26.4 Å². The van der Waals surface area contributed by atoms with Crippen molar-refractivity contribution >= 4 is 35.4 Å². The van der Waals surface area contributed by atoms with Crippen molar-refractivity contribution in [2.24, 2.45) is 0 Å². The van der Waals surface area contributed by atoms with Crippen LogP contribution in [0.3, 0.4) is 0 Å². The van der Waals surface area contributed by atoms with E-state index in [0.717, 1.165) is 0 Å². The highest BCUT2D eigenvalue weighted by molar-refractivity contribution is 5.78. The summed E-state index contributed by atoms with van der Waals surface area (Å²) in [5, 5.41) is 51.6. The quantitative estimate of drug-likeness (QED) is 0.0303. The second kappa shape index (κ2) is 32.4. The second-order valence-corrected chi connectivity index (χ2v) is 11.6. The summed E-state index contributed by atoms with van der Waals surface area (Å²) in [5.74, 6) is -1.26. The lowest BCUT2D eigenvalue weighted by atomic mass is 10.3. The number of nitrogens with one attached hydrogen (secondary N) is 6. The average molecular weight is 734 g/mol. The predicted octanol–water partition coefficient (Wildman–Crippen LogP) is -5.08. The van der Waals surface area contributed by atoms with Gasteiger partial charge in [-0.05, 0) is 6.54 Å². The fraction of sp³-hybridized carbons (Fsp3) is 0.812. The van der Waals surface area contributed by atoms with Crippen molar-refractivity contribution in [1.29, 1.82) is 0 Å². The summed E-state index contributed by atoms with van der Waals surface area (Å²) in [6, 6.07) is 0. The van der Waals surface area contributed by atoms with Crippen molar-refractivity contribution in [3.63, 3.8) is 0 Å². The van der Waals surface area contributed by atoms with E-state index >= 15 is 0 Å². The molecule has 0 aliphatic heterocycles. The van der Waals surface area contributed by atoms with Crippen LogP contribution in [0.4, 0.5) is 0 Å². The number of hydrogen-bond donors (Lipinski definition) is 10. The Morgan fingerprint density at radius 2 is 0.569 bits per heavy atom. The largest absolute Gasteiger partial charge is 0.395 e. The number of amides is 6. The highest BCUT2D eigenvalue weighted by Crippen LogP contribution is 1.99. The van der Waals surface area contributed by atoms with Crippen molar-refractivity contribution in [2.45, 2.75) is 45.4 Å². The normalized spacial score (nSPS) is 11.1. The molecule has 0 bridgehead atoms. The Kier molecular flexibility index (Phi) is 30.2. The molecule has 296 valence electrons. The van der Waals surface area contributed by atoms with Gasteiger partial charge < -0.3 is 67.0 Å². The first kappa shape index (κ1) is 47.5. The Hall–Kier alpha value is -3.46. The maximum Gasteiger partial charge on any atom is 0.221 e. The maximum atomic E-state index is 12.6. The standard InChI is InChI=1S/C32H63N9O10/c1-2-39(15-3-27(46)33-9-21-40(17-5-29(48)35-11-23-42)18-6-30(49)36-12-24-43)16-4-28(47)34-10-22-41(19-7-31(50)37-13-25-44)20-8-32(51)38-14-26-45/h42-45H,2-26H2,1H3,(H,33,46)(H,34,47)(H,35,48)(H,36,49)(H,37,50)(H,38,51). The number of hydrogen-bond acceptors (Lipinski definition) is 13. The minimum atomic E-state index is -0.230. The SMILES string of the molecule is CCN(CCC(=O)NCCN(CCC(=O)NCCO)CCC(=O)NCCO)CCC(=O)NCCN(CCC(=O)NCCO)CCC(=O)NCCO. The summed E-state index contributed by atoms with van der Waals surface area (Å²) in [6.45, 7) is 6.29. The van der Waals surface area contributed by atoms with Crippen LogP contribution in [0.5, 0.6) is 0 Å². The fourth-order valence-electron chi connectivity index (χ4n) is 4.68.